The molecule has 11 aromatic rings. The van der Waals surface area contributed by atoms with E-state index in [1.54, 1.807) is 0 Å². The number of allylic oxidation sites excluding steroid dienone is 1. The maximum atomic E-state index is 5.19. The van der Waals surface area contributed by atoms with E-state index in [0.29, 0.717) is 0 Å². The Hall–Kier alpha value is -7.95. The van der Waals surface area contributed by atoms with Crippen LogP contribution in [0, 0.1) is 0 Å². The van der Waals surface area contributed by atoms with Crippen molar-refractivity contribution in [2.45, 2.75) is 19.3 Å². The zero-order valence-electron chi connectivity index (χ0n) is 34.4. The molecule has 0 N–H and O–H groups in total. The molecular formula is C58H40N4. The van der Waals surface area contributed by atoms with Gasteiger partial charge in [-0.3, -0.25) is 4.98 Å². The van der Waals surface area contributed by atoms with Gasteiger partial charge >= 0.3 is 0 Å². The first-order valence-electron chi connectivity index (χ1n) is 21.5. The fourth-order valence-corrected chi connectivity index (χ4v) is 10.5. The Morgan fingerprint density at radius 3 is 1.77 bits per heavy atom. The summed E-state index contributed by atoms with van der Waals surface area (Å²) >= 11 is 0. The number of rotatable bonds is 3. The molecule has 0 spiro atoms. The lowest BCUT2D eigenvalue weighted by Gasteiger charge is -2.37. The lowest BCUT2D eigenvalue weighted by Crippen LogP contribution is -2.25. The summed E-state index contributed by atoms with van der Waals surface area (Å²) in [6.07, 6.45) is 6.52. The van der Waals surface area contributed by atoms with Gasteiger partial charge < -0.3 is 14.0 Å². The van der Waals surface area contributed by atoms with Crippen molar-refractivity contribution in [1.29, 1.82) is 0 Å². The molecule has 0 fully saturated rings. The number of para-hydroxylation sites is 4. The van der Waals surface area contributed by atoms with Gasteiger partial charge in [-0.1, -0.05) is 135 Å². The monoisotopic (exact) mass is 792 g/mol. The van der Waals surface area contributed by atoms with Crippen molar-refractivity contribution in [2.24, 2.45) is 0 Å². The molecule has 3 aromatic heterocycles. The van der Waals surface area contributed by atoms with Crippen LogP contribution in [-0.2, 0) is 5.41 Å². The Kier molecular flexibility index (Phi) is 7.32. The number of anilines is 2. The summed E-state index contributed by atoms with van der Waals surface area (Å²) in [5.41, 5.74) is 19.6. The van der Waals surface area contributed by atoms with Gasteiger partial charge in [0.15, 0.2) is 0 Å². The Bertz CT molecular complexity index is 3620. The standard InChI is InChI=1S/C58H40N4/c1-58(2)31-33-60(37-16-4-3-5-17-37)55-36-46-44-23-14-28-54(56(44)43-22-7-6-18-39(43)45-24-15-32-59-57(45)48(46)35-49(55)58)62-52-27-13-10-21-42(52)47-34-38(29-30-53(47)62)61-50-25-11-8-19-40(50)41-20-9-12-26-51(41)61/h3-36H,1-2H3. The molecule has 0 atom stereocenters. The van der Waals surface area contributed by atoms with Crippen molar-refractivity contribution < 1.29 is 0 Å². The number of fused-ring (bicyclic) bond motifs is 15. The molecule has 62 heavy (non-hydrogen) atoms. The number of hydrogen-bond acceptors (Lipinski definition) is 2. The molecule has 2 aliphatic rings. The summed E-state index contributed by atoms with van der Waals surface area (Å²) in [6.45, 7) is 4.63. The highest BCUT2D eigenvalue weighted by molar-refractivity contribution is 6.14. The van der Waals surface area contributed by atoms with E-state index in [9.17, 15) is 0 Å². The zero-order valence-corrected chi connectivity index (χ0v) is 34.4. The minimum atomic E-state index is -0.198. The van der Waals surface area contributed by atoms with Crippen molar-refractivity contribution >= 4 is 55.0 Å². The van der Waals surface area contributed by atoms with Crippen LogP contribution in [0.15, 0.2) is 207 Å². The average molecular weight is 793 g/mol. The molecule has 0 radical (unpaired) electrons. The van der Waals surface area contributed by atoms with Gasteiger partial charge in [-0.25, -0.2) is 0 Å². The minimum Gasteiger partial charge on any atom is -0.317 e. The molecule has 0 unspecified atom stereocenters. The highest BCUT2D eigenvalue weighted by Crippen LogP contribution is 2.53. The summed E-state index contributed by atoms with van der Waals surface area (Å²) in [4.78, 5) is 7.54. The van der Waals surface area contributed by atoms with Crippen molar-refractivity contribution in [2.75, 3.05) is 4.90 Å². The molecule has 4 heterocycles. The lowest BCUT2D eigenvalue weighted by atomic mass is 9.76. The third kappa shape index (κ3) is 4.92. The quantitative estimate of drug-likeness (QED) is 0.178. The maximum absolute atomic E-state index is 5.19. The summed E-state index contributed by atoms with van der Waals surface area (Å²) in [5.74, 6) is 0. The van der Waals surface area contributed by atoms with E-state index >= 15 is 0 Å². The molecule has 13 rings (SSSR count). The van der Waals surface area contributed by atoms with Crippen LogP contribution in [0.25, 0.3) is 99.6 Å². The van der Waals surface area contributed by atoms with Gasteiger partial charge in [-0.15, -0.1) is 0 Å². The molecule has 0 saturated carbocycles. The Morgan fingerprint density at radius 2 is 1.02 bits per heavy atom. The molecule has 1 aliphatic heterocycles. The van der Waals surface area contributed by atoms with Crippen LogP contribution < -0.4 is 4.90 Å². The predicted octanol–water partition coefficient (Wildman–Crippen LogP) is 15.2. The average Bonchev–Trinajstić information content (AvgIpc) is 3.83. The fourth-order valence-electron chi connectivity index (χ4n) is 10.5. The molecule has 0 saturated heterocycles. The second-order valence-electron chi connectivity index (χ2n) is 17.2. The van der Waals surface area contributed by atoms with E-state index in [4.69, 9.17) is 4.98 Å². The second kappa shape index (κ2) is 13.0. The van der Waals surface area contributed by atoms with E-state index in [1.165, 1.54) is 77.1 Å². The Morgan fingerprint density at radius 1 is 0.403 bits per heavy atom. The Labute approximate surface area is 359 Å². The van der Waals surface area contributed by atoms with Crippen LogP contribution in [0.2, 0.25) is 0 Å². The zero-order chi connectivity index (χ0) is 41.1. The summed E-state index contributed by atoms with van der Waals surface area (Å²) in [7, 11) is 0. The minimum absolute atomic E-state index is 0.198. The molecule has 0 bridgehead atoms. The fraction of sp³-hybridized carbons (Fsp3) is 0.0517. The van der Waals surface area contributed by atoms with Crippen molar-refractivity contribution in [3.8, 4) is 56.0 Å². The van der Waals surface area contributed by atoms with Crippen LogP contribution in [0.4, 0.5) is 11.4 Å². The van der Waals surface area contributed by atoms with Crippen molar-refractivity contribution in [3.05, 3.63) is 212 Å². The van der Waals surface area contributed by atoms with Crippen LogP contribution in [0.5, 0.6) is 0 Å². The number of benzene rings is 8. The first kappa shape index (κ1) is 34.9. The van der Waals surface area contributed by atoms with Gasteiger partial charge in [0, 0.05) is 67.4 Å². The van der Waals surface area contributed by atoms with E-state index in [0.717, 1.165) is 39.4 Å². The van der Waals surface area contributed by atoms with Gasteiger partial charge in [0.25, 0.3) is 0 Å². The van der Waals surface area contributed by atoms with Gasteiger partial charge in [-0.2, -0.15) is 0 Å². The normalized spacial score (nSPS) is 13.7. The maximum Gasteiger partial charge on any atom is 0.0786 e. The van der Waals surface area contributed by atoms with Crippen LogP contribution in [-0.4, -0.2) is 14.1 Å². The van der Waals surface area contributed by atoms with E-state index in [1.807, 2.05) is 6.20 Å². The smallest absolute Gasteiger partial charge is 0.0786 e. The van der Waals surface area contributed by atoms with Crippen molar-refractivity contribution in [1.82, 2.24) is 14.1 Å². The largest absolute Gasteiger partial charge is 0.317 e. The van der Waals surface area contributed by atoms with Crippen LogP contribution >= 0.6 is 0 Å². The third-order valence-corrected chi connectivity index (χ3v) is 13.4. The summed E-state index contributed by atoms with van der Waals surface area (Å²) < 4.78 is 4.92. The van der Waals surface area contributed by atoms with E-state index in [-0.39, 0.29) is 5.41 Å². The first-order chi connectivity index (χ1) is 30.5. The number of aromatic nitrogens is 3. The molecule has 292 valence electrons. The van der Waals surface area contributed by atoms with E-state index in [2.05, 4.69) is 228 Å². The van der Waals surface area contributed by atoms with Crippen LogP contribution in [0.1, 0.15) is 19.4 Å². The van der Waals surface area contributed by atoms with Gasteiger partial charge in [0.2, 0.25) is 0 Å². The van der Waals surface area contributed by atoms with Gasteiger partial charge in [0.1, 0.15) is 0 Å². The lowest BCUT2D eigenvalue weighted by molar-refractivity contribution is 0.659. The highest BCUT2D eigenvalue weighted by Gasteiger charge is 2.33. The summed E-state index contributed by atoms with van der Waals surface area (Å²) in [5, 5.41) is 4.96. The number of nitrogens with zero attached hydrogens (tertiary/aromatic N) is 4. The van der Waals surface area contributed by atoms with Crippen molar-refractivity contribution in [3.63, 3.8) is 0 Å². The predicted molar refractivity (Wildman–Crippen MR) is 259 cm³/mol. The SMILES string of the molecule is CC1(C)C=CN(c2ccccc2)c2cc3c(cc21)-c1ncccc1-c1ccccc1-c1c-3cccc1-n1c2ccccc2c2cc(-n3c4ccccc4c4ccccc43)ccc21. The second-order valence-corrected chi connectivity index (χ2v) is 17.2. The molecule has 1 aliphatic carbocycles. The molecule has 4 nitrogen and oxygen atoms in total. The Balaban J connectivity index is 1.12. The van der Waals surface area contributed by atoms with Gasteiger partial charge in [-0.05, 0) is 101 Å². The number of hydrogen-bond donors (Lipinski definition) is 0. The van der Waals surface area contributed by atoms with Crippen LogP contribution in [0.3, 0.4) is 0 Å². The molecule has 8 aromatic carbocycles. The molecule has 4 heteroatoms. The first-order valence-corrected chi connectivity index (χ1v) is 21.5. The molecule has 0 amide bonds. The van der Waals surface area contributed by atoms with Gasteiger partial charge in [0.05, 0.1) is 39.1 Å². The third-order valence-electron chi connectivity index (χ3n) is 13.4. The highest BCUT2D eigenvalue weighted by atomic mass is 15.1. The number of pyridine rings is 1. The van der Waals surface area contributed by atoms with E-state index < -0.39 is 0 Å². The molecular weight excluding hydrogens is 753 g/mol. The topological polar surface area (TPSA) is 26.0 Å². The summed E-state index contributed by atoms with van der Waals surface area (Å²) in [6, 6.07) is 69.1.